The number of benzene rings is 2. The number of fused-ring (bicyclic) bond motifs is 1. The van der Waals surface area contributed by atoms with Gasteiger partial charge in [0.1, 0.15) is 6.61 Å². The van der Waals surface area contributed by atoms with Gasteiger partial charge >= 0.3 is 0 Å². The molecule has 5 nitrogen and oxygen atoms in total. The van der Waals surface area contributed by atoms with Crippen LogP contribution in [0.3, 0.4) is 0 Å². The predicted molar refractivity (Wildman–Crippen MR) is 81.4 cm³/mol. The summed E-state index contributed by atoms with van der Waals surface area (Å²) in [4.78, 5) is 23.9. The Morgan fingerprint density at radius 1 is 1.05 bits per heavy atom. The predicted octanol–water partition coefficient (Wildman–Crippen LogP) is 2.67. The lowest BCUT2D eigenvalue weighted by atomic mass is 10.1. The van der Waals surface area contributed by atoms with Gasteiger partial charge in [0, 0.05) is 5.56 Å². The molecule has 1 aliphatic rings. The third-order valence-electron chi connectivity index (χ3n) is 3.37. The van der Waals surface area contributed by atoms with Crippen molar-refractivity contribution in [2.24, 2.45) is 0 Å². The lowest BCUT2D eigenvalue weighted by Gasteiger charge is -2.25. The molecule has 3 rings (SSSR count). The molecule has 1 N–H and O–H groups in total. The van der Waals surface area contributed by atoms with Crippen LogP contribution in [0.25, 0.3) is 0 Å². The molecule has 5 heteroatoms. The van der Waals surface area contributed by atoms with Crippen LogP contribution >= 0.6 is 0 Å². The number of ether oxygens (including phenoxy) is 2. The van der Waals surface area contributed by atoms with E-state index in [-0.39, 0.29) is 18.3 Å². The summed E-state index contributed by atoms with van der Waals surface area (Å²) in [5.74, 6) is 0.703. The van der Waals surface area contributed by atoms with Gasteiger partial charge in [-0.1, -0.05) is 24.3 Å². The van der Waals surface area contributed by atoms with Crippen LogP contribution in [0.15, 0.2) is 48.5 Å². The molecule has 0 bridgehead atoms. The maximum absolute atomic E-state index is 12.3. The van der Waals surface area contributed by atoms with Crippen molar-refractivity contribution in [1.82, 2.24) is 0 Å². The van der Waals surface area contributed by atoms with Gasteiger partial charge in [0.15, 0.2) is 17.3 Å². The van der Waals surface area contributed by atoms with E-state index in [4.69, 9.17) is 9.47 Å². The molecule has 1 heterocycles. The van der Waals surface area contributed by atoms with Gasteiger partial charge in [-0.2, -0.15) is 0 Å². The van der Waals surface area contributed by atoms with Gasteiger partial charge in [-0.05, 0) is 31.2 Å². The van der Waals surface area contributed by atoms with E-state index in [0.29, 0.717) is 22.7 Å². The topological polar surface area (TPSA) is 64.6 Å². The Labute approximate surface area is 127 Å². The standard InChI is InChI=1S/C17H15NO4/c1-11(19)12-6-2-3-7-13(12)18-17(20)16-10-21-14-8-4-5-9-15(14)22-16/h2-9,16H,10H2,1H3,(H,18,20)/t16-/m0/s1. The van der Waals surface area contributed by atoms with Crippen LogP contribution < -0.4 is 14.8 Å². The molecule has 1 atom stereocenters. The summed E-state index contributed by atoms with van der Waals surface area (Å²) in [6, 6.07) is 14.1. The lowest BCUT2D eigenvalue weighted by molar-refractivity contribution is -0.125. The molecular weight excluding hydrogens is 282 g/mol. The highest BCUT2D eigenvalue weighted by atomic mass is 16.6. The molecule has 1 amide bonds. The molecule has 2 aromatic rings. The fourth-order valence-corrected chi connectivity index (χ4v) is 2.26. The molecule has 0 unspecified atom stereocenters. The first-order valence-electron chi connectivity index (χ1n) is 6.94. The van der Waals surface area contributed by atoms with E-state index in [1.165, 1.54) is 6.92 Å². The lowest BCUT2D eigenvalue weighted by Crippen LogP contribution is -2.40. The summed E-state index contributed by atoms with van der Waals surface area (Å²) in [6.45, 7) is 1.59. The van der Waals surface area contributed by atoms with E-state index in [0.717, 1.165) is 0 Å². The van der Waals surface area contributed by atoms with Crippen LogP contribution in [0.1, 0.15) is 17.3 Å². The van der Waals surface area contributed by atoms with Gasteiger partial charge in [-0.3, -0.25) is 9.59 Å². The summed E-state index contributed by atoms with van der Waals surface area (Å²) in [6.07, 6.45) is -0.755. The Balaban J connectivity index is 1.75. The Kier molecular flexibility index (Phi) is 3.78. The van der Waals surface area contributed by atoms with Crippen LogP contribution in [0, 0.1) is 0 Å². The Morgan fingerprint density at radius 3 is 2.50 bits per heavy atom. The fraction of sp³-hybridized carbons (Fsp3) is 0.176. The summed E-state index contributed by atoms with van der Waals surface area (Å²) in [5, 5.41) is 2.73. The number of para-hydroxylation sites is 3. The first kappa shape index (κ1) is 14.1. The van der Waals surface area contributed by atoms with Crippen molar-refractivity contribution in [2.45, 2.75) is 13.0 Å². The highest BCUT2D eigenvalue weighted by molar-refractivity contribution is 6.04. The second-order valence-electron chi connectivity index (χ2n) is 4.96. The number of ketones is 1. The van der Waals surface area contributed by atoms with Crippen molar-refractivity contribution < 1.29 is 19.1 Å². The van der Waals surface area contributed by atoms with Crippen LogP contribution in [0.4, 0.5) is 5.69 Å². The number of anilines is 1. The highest BCUT2D eigenvalue weighted by Gasteiger charge is 2.27. The minimum absolute atomic E-state index is 0.109. The van der Waals surface area contributed by atoms with Crippen molar-refractivity contribution in [1.29, 1.82) is 0 Å². The van der Waals surface area contributed by atoms with Crippen LogP contribution in [-0.2, 0) is 4.79 Å². The molecular formula is C17H15NO4. The number of carbonyl (C=O) groups is 2. The van der Waals surface area contributed by atoms with Crippen molar-refractivity contribution >= 4 is 17.4 Å². The molecule has 0 aliphatic carbocycles. The number of hydrogen-bond donors (Lipinski definition) is 1. The monoisotopic (exact) mass is 297 g/mol. The second-order valence-corrected chi connectivity index (χ2v) is 4.96. The number of carbonyl (C=O) groups excluding carboxylic acids is 2. The number of Topliss-reactive ketones (excluding diaryl/α,β-unsaturated/α-hetero) is 1. The largest absolute Gasteiger partial charge is 0.485 e. The summed E-state index contributed by atoms with van der Waals surface area (Å²) in [5.41, 5.74) is 0.940. The average Bonchev–Trinajstić information content (AvgIpc) is 2.54. The van der Waals surface area contributed by atoms with Gasteiger partial charge in [0.05, 0.1) is 5.69 Å². The number of amides is 1. The minimum atomic E-state index is -0.755. The quantitative estimate of drug-likeness (QED) is 0.885. The SMILES string of the molecule is CC(=O)c1ccccc1NC(=O)[C@@H]1COc2ccccc2O1. The van der Waals surface area contributed by atoms with E-state index in [2.05, 4.69) is 5.32 Å². The van der Waals surface area contributed by atoms with Crippen LogP contribution in [0.5, 0.6) is 11.5 Å². The van der Waals surface area contributed by atoms with Crippen molar-refractivity contribution in [3.8, 4) is 11.5 Å². The molecule has 0 saturated carbocycles. The van der Waals surface area contributed by atoms with E-state index >= 15 is 0 Å². The molecule has 0 saturated heterocycles. The molecule has 0 spiro atoms. The number of rotatable bonds is 3. The Bertz CT molecular complexity index is 726. The molecule has 112 valence electrons. The van der Waals surface area contributed by atoms with E-state index in [1.54, 1.807) is 36.4 Å². The number of hydrogen-bond acceptors (Lipinski definition) is 4. The molecule has 2 aromatic carbocycles. The summed E-state index contributed by atoms with van der Waals surface area (Å²) >= 11 is 0. The highest BCUT2D eigenvalue weighted by Crippen LogP contribution is 2.31. The normalized spacial score (nSPS) is 16.0. The molecule has 0 fully saturated rings. The zero-order chi connectivity index (χ0) is 15.5. The van der Waals surface area contributed by atoms with Gasteiger partial charge in [0.25, 0.3) is 5.91 Å². The maximum Gasteiger partial charge on any atom is 0.269 e. The summed E-state index contributed by atoms with van der Waals surface area (Å²) in [7, 11) is 0. The Morgan fingerprint density at radius 2 is 1.73 bits per heavy atom. The van der Waals surface area contributed by atoms with E-state index < -0.39 is 6.10 Å². The number of nitrogens with one attached hydrogen (secondary N) is 1. The fourth-order valence-electron chi connectivity index (χ4n) is 2.26. The zero-order valence-corrected chi connectivity index (χ0v) is 12.0. The zero-order valence-electron chi connectivity index (χ0n) is 12.0. The third-order valence-corrected chi connectivity index (χ3v) is 3.37. The van der Waals surface area contributed by atoms with E-state index in [1.807, 2.05) is 12.1 Å². The summed E-state index contributed by atoms with van der Waals surface area (Å²) < 4.78 is 11.2. The van der Waals surface area contributed by atoms with Gasteiger partial charge in [0.2, 0.25) is 6.10 Å². The minimum Gasteiger partial charge on any atom is -0.485 e. The smallest absolute Gasteiger partial charge is 0.269 e. The first-order chi connectivity index (χ1) is 10.6. The van der Waals surface area contributed by atoms with Gasteiger partial charge in [-0.15, -0.1) is 0 Å². The molecule has 22 heavy (non-hydrogen) atoms. The third kappa shape index (κ3) is 2.79. The maximum atomic E-state index is 12.3. The van der Waals surface area contributed by atoms with Crippen LogP contribution in [0.2, 0.25) is 0 Å². The molecule has 0 radical (unpaired) electrons. The Hall–Kier alpha value is -2.82. The van der Waals surface area contributed by atoms with Crippen molar-refractivity contribution in [2.75, 3.05) is 11.9 Å². The molecule has 0 aromatic heterocycles. The van der Waals surface area contributed by atoms with Gasteiger partial charge in [-0.25, -0.2) is 0 Å². The molecule has 1 aliphatic heterocycles. The van der Waals surface area contributed by atoms with Crippen LogP contribution in [-0.4, -0.2) is 24.4 Å². The van der Waals surface area contributed by atoms with Crippen molar-refractivity contribution in [3.63, 3.8) is 0 Å². The van der Waals surface area contributed by atoms with Gasteiger partial charge < -0.3 is 14.8 Å². The van der Waals surface area contributed by atoms with Crippen molar-refractivity contribution in [3.05, 3.63) is 54.1 Å². The average molecular weight is 297 g/mol. The van der Waals surface area contributed by atoms with E-state index in [9.17, 15) is 9.59 Å². The second kappa shape index (κ2) is 5.89. The first-order valence-corrected chi connectivity index (χ1v) is 6.94.